The predicted octanol–water partition coefficient (Wildman–Crippen LogP) is 3.38. The molecule has 126 valence electrons. The van der Waals surface area contributed by atoms with Crippen LogP contribution in [0, 0.1) is 11.8 Å². The van der Waals surface area contributed by atoms with Crippen molar-refractivity contribution in [2.75, 3.05) is 13.1 Å². The van der Waals surface area contributed by atoms with Gasteiger partial charge in [0.05, 0.1) is 0 Å². The molecule has 0 bridgehead atoms. The zero-order valence-electron chi connectivity index (χ0n) is 14.6. The van der Waals surface area contributed by atoms with Gasteiger partial charge in [-0.15, -0.1) is 0 Å². The van der Waals surface area contributed by atoms with E-state index in [1.807, 2.05) is 0 Å². The minimum atomic E-state index is 0.356. The predicted molar refractivity (Wildman–Crippen MR) is 94.1 cm³/mol. The van der Waals surface area contributed by atoms with Crippen molar-refractivity contribution in [3.8, 4) is 0 Å². The lowest BCUT2D eigenvalue weighted by Gasteiger charge is -2.39. The van der Waals surface area contributed by atoms with E-state index in [4.69, 9.17) is 0 Å². The van der Waals surface area contributed by atoms with E-state index >= 15 is 0 Å². The molecule has 1 N–H and O–H groups in total. The number of hydrogen-bond donors (Lipinski definition) is 1. The average Bonchev–Trinajstić information content (AvgIpc) is 3.44. The Kier molecular flexibility index (Phi) is 5.37. The molecule has 1 saturated heterocycles. The number of piperidine rings is 1. The molecule has 1 aliphatic carbocycles. The van der Waals surface area contributed by atoms with E-state index in [-0.39, 0.29) is 0 Å². The molecule has 2 fully saturated rings. The summed E-state index contributed by atoms with van der Waals surface area (Å²) in [5.41, 5.74) is 2.75. The van der Waals surface area contributed by atoms with E-state index in [0.29, 0.717) is 23.8 Å². The second kappa shape index (κ2) is 7.48. The third-order valence-corrected chi connectivity index (χ3v) is 5.50. The number of carbonyl (C=O) groups excluding carboxylic acids is 1. The van der Waals surface area contributed by atoms with Crippen LogP contribution in [0.4, 0.5) is 0 Å². The number of carbonyl (C=O) groups is 1. The standard InChI is InChI=1S/C20H30N2O/c1-3-15-5-7-16(8-6-15)13-21-19-11-12-22(14-17(19)4-2)20(23)18-9-10-18/h5-8,17-19,21H,3-4,9-14H2,1-2H3/t17-,19+/m0/s1. The van der Waals surface area contributed by atoms with Crippen molar-refractivity contribution < 1.29 is 4.79 Å². The number of rotatable bonds is 6. The Bertz CT molecular complexity index is 521. The highest BCUT2D eigenvalue weighted by Gasteiger charge is 2.37. The lowest BCUT2D eigenvalue weighted by molar-refractivity contribution is -0.134. The normalized spacial score (nSPS) is 24.7. The molecular weight excluding hydrogens is 284 g/mol. The molecule has 3 nitrogen and oxygen atoms in total. The molecule has 1 aliphatic heterocycles. The van der Waals surface area contributed by atoms with Gasteiger partial charge in [0.25, 0.3) is 0 Å². The minimum Gasteiger partial charge on any atom is -0.342 e. The van der Waals surface area contributed by atoms with Crippen molar-refractivity contribution in [2.45, 2.75) is 58.5 Å². The number of nitrogens with one attached hydrogen (secondary N) is 1. The summed E-state index contributed by atoms with van der Waals surface area (Å²) >= 11 is 0. The monoisotopic (exact) mass is 314 g/mol. The lowest BCUT2D eigenvalue weighted by Crippen LogP contribution is -2.51. The molecule has 0 radical (unpaired) electrons. The zero-order chi connectivity index (χ0) is 16.2. The molecular formula is C20H30N2O. The molecule has 23 heavy (non-hydrogen) atoms. The summed E-state index contributed by atoms with van der Waals surface area (Å²) in [6, 6.07) is 9.46. The zero-order valence-corrected chi connectivity index (χ0v) is 14.6. The molecule has 2 aliphatic rings. The lowest BCUT2D eigenvalue weighted by atomic mass is 9.89. The molecule has 1 aromatic carbocycles. The van der Waals surface area contributed by atoms with Gasteiger partial charge in [0.1, 0.15) is 0 Å². The van der Waals surface area contributed by atoms with E-state index in [9.17, 15) is 4.79 Å². The van der Waals surface area contributed by atoms with Crippen molar-refractivity contribution in [1.29, 1.82) is 0 Å². The van der Waals surface area contributed by atoms with Crippen molar-refractivity contribution in [3.05, 3.63) is 35.4 Å². The molecule has 2 atom stereocenters. The van der Waals surface area contributed by atoms with Crippen molar-refractivity contribution >= 4 is 5.91 Å². The topological polar surface area (TPSA) is 32.3 Å². The van der Waals surface area contributed by atoms with E-state index < -0.39 is 0 Å². The summed E-state index contributed by atoms with van der Waals surface area (Å²) in [4.78, 5) is 14.4. The third-order valence-electron chi connectivity index (χ3n) is 5.50. The largest absolute Gasteiger partial charge is 0.342 e. The Balaban J connectivity index is 1.52. The third kappa shape index (κ3) is 4.14. The van der Waals surface area contributed by atoms with Crippen LogP contribution in [-0.2, 0) is 17.8 Å². The first kappa shape index (κ1) is 16.5. The van der Waals surface area contributed by atoms with Gasteiger partial charge in [-0.3, -0.25) is 4.79 Å². The first-order chi connectivity index (χ1) is 11.2. The molecule has 1 heterocycles. The SMILES string of the molecule is CCc1ccc(CN[C@@H]2CCN(C(=O)C3CC3)C[C@@H]2CC)cc1. The van der Waals surface area contributed by atoms with Gasteiger partial charge in [0.15, 0.2) is 0 Å². The highest BCUT2D eigenvalue weighted by molar-refractivity contribution is 5.81. The van der Waals surface area contributed by atoms with Crippen LogP contribution in [0.15, 0.2) is 24.3 Å². The van der Waals surface area contributed by atoms with Gasteiger partial charge in [-0.25, -0.2) is 0 Å². The highest BCUT2D eigenvalue weighted by atomic mass is 16.2. The Labute approximate surface area is 140 Å². The Hall–Kier alpha value is -1.35. The van der Waals surface area contributed by atoms with E-state index in [2.05, 4.69) is 48.3 Å². The fraction of sp³-hybridized carbons (Fsp3) is 0.650. The Morgan fingerprint density at radius 3 is 2.43 bits per heavy atom. The fourth-order valence-corrected chi connectivity index (χ4v) is 3.64. The maximum Gasteiger partial charge on any atom is 0.225 e. The maximum atomic E-state index is 12.3. The van der Waals surface area contributed by atoms with Crippen molar-refractivity contribution in [3.63, 3.8) is 0 Å². The van der Waals surface area contributed by atoms with Crippen LogP contribution in [0.3, 0.4) is 0 Å². The van der Waals surface area contributed by atoms with Crippen LogP contribution < -0.4 is 5.32 Å². The molecule has 0 unspecified atom stereocenters. The van der Waals surface area contributed by atoms with Crippen LogP contribution in [0.2, 0.25) is 0 Å². The smallest absolute Gasteiger partial charge is 0.225 e. The van der Waals surface area contributed by atoms with Crippen LogP contribution in [0.5, 0.6) is 0 Å². The van der Waals surface area contributed by atoms with Crippen LogP contribution >= 0.6 is 0 Å². The van der Waals surface area contributed by atoms with Crippen LogP contribution in [0.25, 0.3) is 0 Å². The van der Waals surface area contributed by atoms with Crippen molar-refractivity contribution in [1.82, 2.24) is 10.2 Å². The van der Waals surface area contributed by atoms with Gasteiger partial charge < -0.3 is 10.2 Å². The summed E-state index contributed by atoms with van der Waals surface area (Å²) < 4.78 is 0. The number of nitrogens with zero attached hydrogens (tertiary/aromatic N) is 1. The average molecular weight is 314 g/mol. The van der Waals surface area contributed by atoms with Gasteiger partial charge in [-0.2, -0.15) is 0 Å². The quantitative estimate of drug-likeness (QED) is 0.873. The molecule has 1 amide bonds. The molecule has 0 spiro atoms. The maximum absolute atomic E-state index is 12.3. The molecule has 1 aromatic rings. The summed E-state index contributed by atoms with van der Waals surface area (Å²) in [7, 11) is 0. The second-order valence-electron chi connectivity index (χ2n) is 7.17. The van der Waals surface area contributed by atoms with Gasteiger partial charge in [-0.1, -0.05) is 44.5 Å². The number of likely N-dealkylation sites (tertiary alicyclic amines) is 1. The fourth-order valence-electron chi connectivity index (χ4n) is 3.64. The van der Waals surface area contributed by atoms with E-state index in [0.717, 1.165) is 51.7 Å². The second-order valence-corrected chi connectivity index (χ2v) is 7.17. The Morgan fingerprint density at radius 1 is 1.13 bits per heavy atom. The van der Waals surface area contributed by atoms with Crippen LogP contribution in [0.1, 0.15) is 50.7 Å². The van der Waals surface area contributed by atoms with E-state index in [1.165, 1.54) is 11.1 Å². The molecule has 1 saturated carbocycles. The van der Waals surface area contributed by atoms with Gasteiger partial charge in [0.2, 0.25) is 5.91 Å². The molecule has 3 rings (SSSR count). The van der Waals surface area contributed by atoms with E-state index in [1.54, 1.807) is 0 Å². The van der Waals surface area contributed by atoms with Gasteiger partial charge >= 0.3 is 0 Å². The summed E-state index contributed by atoms with van der Waals surface area (Å²) in [6.07, 6.45) is 5.55. The number of aryl methyl sites for hydroxylation is 1. The minimum absolute atomic E-state index is 0.356. The number of amides is 1. The molecule has 0 aromatic heterocycles. The van der Waals surface area contributed by atoms with Gasteiger partial charge in [0, 0.05) is 31.6 Å². The summed E-state index contributed by atoms with van der Waals surface area (Å²) in [6.45, 7) is 7.24. The van der Waals surface area contributed by atoms with Crippen molar-refractivity contribution in [2.24, 2.45) is 11.8 Å². The summed E-state index contributed by atoms with van der Waals surface area (Å²) in [5.74, 6) is 1.35. The van der Waals surface area contributed by atoms with Gasteiger partial charge in [-0.05, 0) is 42.7 Å². The first-order valence-electron chi connectivity index (χ1n) is 9.31. The highest BCUT2D eigenvalue weighted by Crippen LogP contribution is 2.33. The van der Waals surface area contributed by atoms with Crippen LogP contribution in [-0.4, -0.2) is 29.9 Å². The number of hydrogen-bond acceptors (Lipinski definition) is 2. The molecule has 3 heteroatoms. The summed E-state index contributed by atoms with van der Waals surface area (Å²) in [5, 5.41) is 3.74. The number of benzene rings is 1. The first-order valence-corrected chi connectivity index (χ1v) is 9.31. The Morgan fingerprint density at radius 2 is 1.83 bits per heavy atom.